The number of fused-ring (bicyclic) bond motifs is 3. The van der Waals surface area contributed by atoms with Crippen molar-refractivity contribution in [2.45, 2.75) is 24.8 Å². The highest BCUT2D eigenvalue weighted by Crippen LogP contribution is 2.33. The number of H-pyrrole nitrogens is 1. The monoisotopic (exact) mass is 374 g/mol. The summed E-state index contributed by atoms with van der Waals surface area (Å²) in [6, 6.07) is 9.66. The Morgan fingerprint density at radius 1 is 1.19 bits per heavy atom. The van der Waals surface area contributed by atoms with Gasteiger partial charge in [0.2, 0.25) is 10.0 Å². The predicted molar refractivity (Wildman–Crippen MR) is 97.3 cm³/mol. The Bertz CT molecular complexity index is 1110. The Kier molecular flexibility index (Phi) is 4.00. The van der Waals surface area contributed by atoms with E-state index in [-0.39, 0.29) is 17.3 Å². The molecule has 0 bridgehead atoms. The number of aromatic amines is 1. The average molecular weight is 374 g/mol. The largest absolute Gasteiger partial charge is 0.495 e. The number of benzene rings is 2. The molecule has 2 heterocycles. The van der Waals surface area contributed by atoms with Gasteiger partial charge in [0.05, 0.1) is 7.11 Å². The summed E-state index contributed by atoms with van der Waals surface area (Å²) in [4.78, 5) is 3.39. The van der Waals surface area contributed by atoms with Gasteiger partial charge in [0.15, 0.2) is 0 Å². The lowest BCUT2D eigenvalue weighted by molar-refractivity contribution is 0.377. The van der Waals surface area contributed by atoms with Crippen LogP contribution in [0.25, 0.3) is 10.9 Å². The van der Waals surface area contributed by atoms with Crippen molar-refractivity contribution in [2.75, 3.05) is 13.7 Å². The van der Waals surface area contributed by atoms with Crippen LogP contribution >= 0.6 is 0 Å². The minimum atomic E-state index is -3.70. The molecule has 2 aromatic carbocycles. The maximum Gasteiger partial charge on any atom is 0.247 e. The van der Waals surface area contributed by atoms with E-state index in [9.17, 15) is 12.8 Å². The summed E-state index contributed by atoms with van der Waals surface area (Å²) in [6.07, 6.45) is 0.555. The van der Waals surface area contributed by atoms with Gasteiger partial charge in [0.25, 0.3) is 0 Å². The van der Waals surface area contributed by atoms with Crippen molar-refractivity contribution in [1.29, 1.82) is 0 Å². The lowest BCUT2D eigenvalue weighted by Gasteiger charge is -2.27. The van der Waals surface area contributed by atoms with E-state index >= 15 is 0 Å². The van der Waals surface area contributed by atoms with Crippen molar-refractivity contribution in [3.8, 4) is 5.75 Å². The van der Waals surface area contributed by atoms with E-state index in [1.807, 2.05) is 13.0 Å². The van der Waals surface area contributed by atoms with Gasteiger partial charge in [-0.1, -0.05) is 6.07 Å². The van der Waals surface area contributed by atoms with Crippen LogP contribution in [0.1, 0.15) is 16.8 Å². The van der Waals surface area contributed by atoms with Crippen LogP contribution in [0.2, 0.25) is 0 Å². The number of hydrogen-bond donors (Lipinski definition) is 1. The Labute approximate surface area is 151 Å². The Hall–Kier alpha value is -2.38. The molecule has 1 aliphatic rings. The van der Waals surface area contributed by atoms with Crippen molar-refractivity contribution in [1.82, 2.24) is 9.29 Å². The predicted octanol–water partition coefficient (Wildman–Crippen LogP) is 3.37. The van der Waals surface area contributed by atoms with Crippen LogP contribution < -0.4 is 4.74 Å². The first-order chi connectivity index (χ1) is 12.4. The van der Waals surface area contributed by atoms with Crippen LogP contribution in [0.3, 0.4) is 0 Å². The maximum absolute atomic E-state index is 13.5. The number of halogens is 1. The van der Waals surface area contributed by atoms with Gasteiger partial charge in [-0.25, -0.2) is 12.8 Å². The first kappa shape index (κ1) is 17.1. The summed E-state index contributed by atoms with van der Waals surface area (Å²) < 4.78 is 46.6. The average Bonchev–Trinajstić information content (AvgIpc) is 2.98. The van der Waals surface area contributed by atoms with Gasteiger partial charge in [0.1, 0.15) is 16.5 Å². The molecule has 1 aromatic heterocycles. The van der Waals surface area contributed by atoms with Crippen LogP contribution in [-0.4, -0.2) is 31.4 Å². The van der Waals surface area contributed by atoms with E-state index in [1.54, 1.807) is 18.2 Å². The SMILES string of the molecule is COc1ccc(C)cc1S(=O)(=O)N1CCc2[nH]c3cc(F)ccc3c2C1. The summed E-state index contributed by atoms with van der Waals surface area (Å²) in [5.74, 6) is 0.0208. The summed E-state index contributed by atoms with van der Waals surface area (Å²) in [6.45, 7) is 2.46. The third kappa shape index (κ3) is 2.68. The third-order valence-electron chi connectivity index (χ3n) is 4.84. The summed E-state index contributed by atoms with van der Waals surface area (Å²) in [5, 5.41) is 0.859. The molecule has 1 N–H and O–H groups in total. The molecular weight excluding hydrogens is 355 g/mol. The van der Waals surface area contributed by atoms with E-state index < -0.39 is 10.0 Å². The Morgan fingerprint density at radius 2 is 2.00 bits per heavy atom. The van der Waals surface area contributed by atoms with Gasteiger partial charge in [0, 0.05) is 36.1 Å². The van der Waals surface area contributed by atoms with Crippen LogP contribution in [0.5, 0.6) is 5.75 Å². The number of rotatable bonds is 3. The molecule has 5 nitrogen and oxygen atoms in total. The van der Waals surface area contributed by atoms with Crippen LogP contribution in [0, 0.1) is 12.7 Å². The lowest BCUT2D eigenvalue weighted by atomic mass is 10.1. The number of nitrogens with zero attached hydrogens (tertiary/aromatic N) is 1. The molecule has 0 saturated heterocycles. The smallest absolute Gasteiger partial charge is 0.247 e. The molecule has 0 saturated carbocycles. The fraction of sp³-hybridized carbons (Fsp3) is 0.263. The van der Waals surface area contributed by atoms with Crippen LogP contribution in [0.4, 0.5) is 4.39 Å². The van der Waals surface area contributed by atoms with Crippen LogP contribution in [0.15, 0.2) is 41.3 Å². The molecule has 4 rings (SSSR count). The molecule has 0 amide bonds. The molecule has 136 valence electrons. The number of aromatic nitrogens is 1. The van der Waals surface area contributed by atoms with Gasteiger partial charge in [-0.3, -0.25) is 0 Å². The first-order valence-electron chi connectivity index (χ1n) is 8.34. The van der Waals surface area contributed by atoms with Gasteiger partial charge in [-0.05, 0) is 48.4 Å². The van der Waals surface area contributed by atoms with Crippen molar-refractivity contribution >= 4 is 20.9 Å². The highest BCUT2D eigenvalue weighted by molar-refractivity contribution is 7.89. The molecular formula is C19H19FN2O3S. The standard InChI is InChI=1S/C19H19FN2O3S/c1-12-3-6-18(25-2)19(9-12)26(23,24)22-8-7-16-15(11-22)14-5-4-13(20)10-17(14)21-16/h3-6,9-10,21H,7-8,11H2,1-2H3. The number of nitrogens with one attached hydrogen (secondary N) is 1. The number of aryl methyl sites for hydroxylation is 1. The minimum absolute atomic E-state index is 0.175. The molecule has 0 spiro atoms. The highest BCUT2D eigenvalue weighted by Gasteiger charge is 2.32. The van der Waals surface area contributed by atoms with Crippen molar-refractivity contribution in [3.05, 3.63) is 59.0 Å². The maximum atomic E-state index is 13.5. The second kappa shape index (κ2) is 6.10. The zero-order valence-corrected chi connectivity index (χ0v) is 15.4. The number of ether oxygens (including phenoxy) is 1. The van der Waals surface area contributed by atoms with E-state index in [2.05, 4.69) is 4.98 Å². The summed E-state index contributed by atoms with van der Waals surface area (Å²) in [5.41, 5.74) is 3.42. The van der Waals surface area contributed by atoms with E-state index in [1.165, 1.54) is 23.5 Å². The normalized spacial score (nSPS) is 15.2. The zero-order valence-electron chi connectivity index (χ0n) is 14.5. The third-order valence-corrected chi connectivity index (χ3v) is 6.71. The quantitative estimate of drug-likeness (QED) is 0.765. The summed E-state index contributed by atoms with van der Waals surface area (Å²) in [7, 11) is -2.24. The topological polar surface area (TPSA) is 62.4 Å². The zero-order chi connectivity index (χ0) is 18.5. The molecule has 1 aliphatic heterocycles. The van der Waals surface area contributed by atoms with E-state index in [0.717, 1.165) is 22.2 Å². The number of methoxy groups -OCH3 is 1. The molecule has 0 fully saturated rings. The molecule has 0 radical (unpaired) electrons. The fourth-order valence-corrected chi connectivity index (χ4v) is 5.15. The molecule has 0 unspecified atom stereocenters. The minimum Gasteiger partial charge on any atom is -0.495 e. The summed E-state index contributed by atoms with van der Waals surface area (Å²) >= 11 is 0. The fourth-order valence-electron chi connectivity index (χ4n) is 3.50. The van der Waals surface area contributed by atoms with E-state index in [4.69, 9.17) is 4.74 Å². The lowest BCUT2D eigenvalue weighted by Crippen LogP contribution is -2.36. The highest BCUT2D eigenvalue weighted by atomic mass is 32.2. The van der Waals surface area contributed by atoms with E-state index in [0.29, 0.717) is 24.2 Å². The van der Waals surface area contributed by atoms with Gasteiger partial charge in [-0.2, -0.15) is 4.31 Å². The first-order valence-corrected chi connectivity index (χ1v) is 9.78. The van der Waals surface area contributed by atoms with Crippen molar-refractivity contribution in [2.24, 2.45) is 0 Å². The van der Waals surface area contributed by atoms with Gasteiger partial charge < -0.3 is 9.72 Å². The second-order valence-electron chi connectivity index (χ2n) is 6.51. The second-order valence-corrected chi connectivity index (χ2v) is 8.42. The Morgan fingerprint density at radius 3 is 2.77 bits per heavy atom. The molecule has 0 atom stereocenters. The van der Waals surface area contributed by atoms with Crippen LogP contribution in [-0.2, 0) is 23.0 Å². The molecule has 26 heavy (non-hydrogen) atoms. The molecule has 0 aliphatic carbocycles. The number of hydrogen-bond acceptors (Lipinski definition) is 3. The Balaban J connectivity index is 1.77. The van der Waals surface area contributed by atoms with Crippen molar-refractivity contribution < 1.29 is 17.5 Å². The molecule has 7 heteroatoms. The number of sulfonamides is 1. The molecule has 3 aromatic rings. The van der Waals surface area contributed by atoms with Gasteiger partial charge >= 0.3 is 0 Å². The van der Waals surface area contributed by atoms with Gasteiger partial charge in [-0.15, -0.1) is 0 Å². The van der Waals surface area contributed by atoms with Crippen molar-refractivity contribution in [3.63, 3.8) is 0 Å².